The average Bonchev–Trinajstić information content (AvgIpc) is 2.69. The van der Waals surface area contributed by atoms with E-state index in [-0.39, 0.29) is 27.7 Å². The molecule has 3 aromatic rings. The number of carbonyl (C=O) groups excluding carboxylic acids is 1. The molecular formula is C20H17ClN2O5. The summed E-state index contributed by atoms with van der Waals surface area (Å²) in [7, 11) is 0. The van der Waals surface area contributed by atoms with Crippen molar-refractivity contribution in [1.82, 2.24) is 0 Å². The lowest BCUT2D eigenvalue weighted by molar-refractivity contribution is -0.996. The Balaban J connectivity index is 2.24. The third-order valence-electron chi connectivity index (χ3n) is 4.36. The lowest BCUT2D eigenvalue weighted by Crippen LogP contribution is -3.01. The minimum absolute atomic E-state index is 0.130. The Labute approximate surface area is 165 Å². The third kappa shape index (κ3) is 4.11. The monoisotopic (exact) mass is 400 g/mol. The molecule has 0 bridgehead atoms. The zero-order valence-corrected chi connectivity index (χ0v) is 15.3. The first kappa shape index (κ1) is 20.1. The molecule has 0 saturated carbocycles. The van der Waals surface area contributed by atoms with E-state index in [4.69, 9.17) is 11.6 Å². The number of rotatable bonds is 6. The van der Waals surface area contributed by atoms with E-state index >= 15 is 0 Å². The van der Waals surface area contributed by atoms with Crippen LogP contribution in [-0.2, 0) is 0 Å². The fourth-order valence-electron chi connectivity index (χ4n) is 3.06. The van der Waals surface area contributed by atoms with Crippen LogP contribution in [0.3, 0.4) is 0 Å². The second-order valence-electron chi connectivity index (χ2n) is 6.10. The third-order valence-corrected chi connectivity index (χ3v) is 4.68. The molecule has 0 aliphatic carbocycles. The molecule has 3 aromatic carbocycles. The summed E-state index contributed by atoms with van der Waals surface area (Å²) in [6, 6.07) is 19.5. The average molecular weight is 401 g/mol. The van der Waals surface area contributed by atoms with Gasteiger partial charge in [0.1, 0.15) is 5.02 Å². The van der Waals surface area contributed by atoms with Crippen LogP contribution in [0.25, 0.3) is 0 Å². The zero-order chi connectivity index (χ0) is 20.3. The molecule has 4 N–H and O–H groups in total. The van der Waals surface area contributed by atoms with Gasteiger partial charge in [-0.25, -0.2) is 10.4 Å². The Morgan fingerprint density at radius 3 is 1.93 bits per heavy atom. The molecule has 0 fully saturated rings. The van der Waals surface area contributed by atoms with Gasteiger partial charge in [0, 0.05) is 11.1 Å². The molecule has 0 saturated heterocycles. The van der Waals surface area contributed by atoms with Gasteiger partial charge in [-0.2, -0.15) is 10.5 Å². The van der Waals surface area contributed by atoms with Gasteiger partial charge in [0.25, 0.3) is 0 Å². The summed E-state index contributed by atoms with van der Waals surface area (Å²) in [5, 5.41) is 39.3. The van der Waals surface area contributed by atoms with E-state index < -0.39 is 16.4 Å². The molecule has 3 atom stereocenters. The van der Waals surface area contributed by atoms with E-state index in [0.717, 1.165) is 6.07 Å². The molecule has 0 amide bonds. The molecule has 0 radical (unpaired) electrons. The highest BCUT2D eigenvalue weighted by atomic mass is 35.5. The maximum Gasteiger partial charge on any atom is 0.188 e. The molecular weight excluding hydrogens is 384 g/mol. The molecule has 0 heterocycles. The number of halogens is 1. The van der Waals surface area contributed by atoms with Crippen LogP contribution in [0.15, 0.2) is 72.8 Å². The number of Topliss-reactive ketones (excluding diaryl/α,β-unsaturated/α-hetero) is 1. The van der Waals surface area contributed by atoms with Crippen LogP contribution in [0.1, 0.15) is 27.4 Å². The van der Waals surface area contributed by atoms with Gasteiger partial charge in [0.2, 0.25) is 0 Å². The topological polar surface area (TPSA) is 113 Å². The molecule has 7 nitrogen and oxygen atoms in total. The Kier molecular flexibility index (Phi) is 6.18. The van der Waals surface area contributed by atoms with Crippen molar-refractivity contribution in [2.24, 2.45) is 0 Å². The second kappa shape index (κ2) is 8.59. The molecule has 3 rings (SSSR count). The SMILES string of the molecule is O=C(c1ccccc1)C(c1ccccc1)c1cc(Cl)c([NH+]([O-])O)cc1[NH+]([O-])O. The van der Waals surface area contributed by atoms with Gasteiger partial charge < -0.3 is 10.4 Å². The number of quaternary nitrogens is 2. The summed E-state index contributed by atoms with van der Waals surface area (Å²) in [5.41, 5.74) is 0.522. The predicted molar refractivity (Wildman–Crippen MR) is 102 cm³/mol. The van der Waals surface area contributed by atoms with E-state index in [0.29, 0.717) is 11.1 Å². The first-order chi connectivity index (χ1) is 13.4. The minimum Gasteiger partial charge on any atom is -0.595 e. The first-order valence-corrected chi connectivity index (χ1v) is 8.72. The van der Waals surface area contributed by atoms with Crippen molar-refractivity contribution in [3.05, 3.63) is 105 Å². The lowest BCUT2D eigenvalue weighted by Gasteiger charge is -2.24. The fraction of sp³-hybridized carbons (Fsp3) is 0.0500. The second-order valence-corrected chi connectivity index (χ2v) is 6.51. The zero-order valence-electron chi connectivity index (χ0n) is 14.5. The summed E-state index contributed by atoms with van der Waals surface area (Å²) in [6.07, 6.45) is 0. The Morgan fingerprint density at radius 1 is 0.857 bits per heavy atom. The van der Waals surface area contributed by atoms with Gasteiger partial charge in [-0.3, -0.25) is 4.79 Å². The normalized spacial score (nSPS) is 14.3. The largest absolute Gasteiger partial charge is 0.595 e. The van der Waals surface area contributed by atoms with Crippen molar-refractivity contribution >= 4 is 28.8 Å². The van der Waals surface area contributed by atoms with Crippen molar-refractivity contribution in [2.75, 3.05) is 0 Å². The maximum atomic E-state index is 13.3. The van der Waals surface area contributed by atoms with E-state index in [2.05, 4.69) is 0 Å². The summed E-state index contributed by atoms with van der Waals surface area (Å²) in [5.74, 6) is -1.26. The van der Waals surface area contributed by atoms with Crippen molar-refractivity contribution in [2.45, 2.75) is 5.92 Å². The molecule has 144 valence electrons. The van der Waals surface area contributed by atoms with E-state index in [1.807, 2.05) is 0 Å². The molecule has 0 spiro atoms. The van der Waals surface area contributed by atoms with Crippen LogP contribution in [0.4, 0.5) is 11.4 Å². The molecule has 0 aromatic heterocycles. The van der Waals surface area contributed by atoms with Gasteiger partial charge in [-0.15, -0.1) is 0 Å². The highest BCUT2D eigenvalue weighted by Gasteiger charge is 2.31. The number of hydrogen-bond donors (Lipinski definition) is 4. The highest BCUT2D eigenvalue weighted by molar-refractivity contribution is 6.32. The number of hydrogen-bond acceptors (Lipinski definition) is 5. The van der Waals surface area contributed by atoms with Crippen molar-refractivity contribution < 1.29 is 25.7 Å². The Hall–Kier alpha value is -2.62. The summed E-state index contributed by atoms with van der Waals surface area (Å²) in [4.78, 5) is 13.3. The summed E-state index contributed by atoms with van der Waals surface area (Å²) < 4.78 is 0. The van der Waals surface area contributed by atoms with E-state index in [1.54, 1.807) is 60.7 Å². The van der Waals surface area contributed by atoms with Gasteiger partial charge in [-0.05, 0) is 11.6 Å². The number of ketones is 1. The van der Waals surface area contributed by atoms with Crippen molar-refractivity contribution in [1.29, 1.82) is 0 Å². The highest BCUT2D eigenvalue weighted by Crippen LogP contribution is 2.36. The van der Waals surface area contributed by atoms with Crippen LogP contribution in [0.5, 0.6) is 0 Å². The van der Waals surface area contributed by atoms with Gasteiger partial charge >= 0.3 is 0 Å². The first-order valence-electron chi connectivity index (χ1n) is 8.34. The lowest BCUT2D eigenvalue weighted by atomic mass is 9.84. The molecule has 28 heavy (non-hydrogen) atoms. The molecule has 8 heteroatoms. The fourth-order valence-corrected chi connectivity index (χ4v) is 3.32. The van der Waals surface area contributed by atoms with Gasteiger partial charge in [-0.1, -0.05) is 72.3 Å². The number of nitrogens with one attached hydrogen (secondary N) is 2. The minimum atomic E-state index is -1.34. The Bertz CT molecular complexity index is 965. The molecule has 0 aliphatic heterocycles. The van der Waals surface area contributed by atoms with E-state index in [9.17, 15) is 25.6 Å². The maximum absolute atomic E-state index is 13.3. The summed E-state index contributed by atoms with van der Waals surface area (Å²) in [6.45, 7) is 0. The van der Waals surface area contributed by atoms with Crippen molar-refractivity contribution in [3.8, 4) is 0 Å². The quantitative estimate of drug-likeness (QED) is 0.374. The van der Waals surface area contributed by atoms with Crippen LogP contribution >= 0.6 is 11.6 Å². The number of benzene rings is 3. The Morgan fingerprint density at radius 2 is 1.39 bits per heavy atom. The molecule has 3 unspecified atom stereocenters. The molecule has 0 aliphatic rings. The number of carbonyl (C=O) groups is 1. The van der Waals surface area contributed by atoms with E-state index in [1.165, 1.54) is 6.07 Å². The van der Waals surface area contributed by atoms with Crippen LogP contribution in [0.2, 0.25) is 5.02 Å². The van der Waals surface area contributed by atoms with Gasteiger partial charge in [0.15, 0.2) is 17.2 Å². The predicted octanol–water partition coefficient (Wildman–Crippen LogP) is 2.16. The van der Waals surface area contributed by atoms with Crippen LogP contribution in [0, 0.1) is 10.4 Å². The van der Waals surface area contributed by atoms with Gasteiger partial charge in [0.05, 0.1) is 12.0 Å². The van der Waals surface area contributed by atoms with Crippen LogP contribution in [-0.4, -0.2) is 16.2 Å². The van der Waals surface area contributed by atoms with Crippen LogP contribution < -0.4 is 10.5 Å². The smallest absolute Gasteiger partial charge is 0.188 e. The summed E-state index contributed by atoms with van der Waals surface area (Å²) >= 11 is 6.10. The van der Waals surface area contributed by atoms with Crippen molar-refractivity contribution in [3.63, 3.8) is 0 Å². The standard InChI is InChI=1S/C20H17ClN2O5/c21-16-11-15(17(22(25)26)12-18(16)23(27)28)19(13-7-3-1-4-8-13)20(24)14-9-5-2-6-10-14/h1-12,19,22-23,25,27H.